The van der Waals surface area contributed by atoms with E-state index < -0.39 is 17.4 Å². The number of aliphatic carboxylic acids is 2. The van der Waals surface area contributed by atoms with Crippen molar-refractivity contribution in [1.82, 2.24) is 0 Å². The SMILES string of the molecule is O=C(O)CC(CC(=O)C1(CC(=O)O)CCCC1)Cc1ccc(-c2ccccc2)cc1. The largest absolute Gasteiger partial charge is 0.481 e. The molecule has 1 aliphatic rings. The van der Waals surface area contributed by atoms with Crippen LogP contribution in [-0.2, 0) is 20.8 Å². The summed E-state index contributed by atoms with van der Waals surface area (Å²) in [4.78, 5) is 35.8. The van der Waals surface area contributed by atoms with E-state index in [4.69, 9.17) is 0 Å². The second-order valence-electron chi connectivity index (χ2n) is 8.42. The molecule has 3 rings (SSSR count). The van der Waals surface area contributed by atoms with Gasteiger partial charge in [-0.05, 0) is 41.9 Å². The Bertz CT molecular complexity index is 880. The van der Waals surface area contributed by atoms with Gasteiger partial charge in [-0.3, -0.25) is 14.4 Å². The maximum atomic E-state index is 13.1. The standard InChI is InChI=1S/C25H28O5/c26-22(25(17-24(29)30)12-4-5-13-25)15-19(16-23(27)28)14-18-8-10-21(11-9-18)20-6-2-1-3-7-20/h1-3,6-11,19H,4-5,12-17H2,(H,27,28)(H,29,30). The molecule has 30 heavy (non-hydrogen) atoms. The van der Waals surface area contributed by atoms with Gasteiger partial charge < -0.3 is 10.2 Å². The fourth-order valence-corrected chi connectivity index (χ4v) is 4.63. The first-order valence-corrected chi connectivity index (χ1v) is 10.5. The first-order chi connectivity index (χ1) is 14.4. The lowest BCUT2D eigenvalue weighted by Crippen LogP contribution is -2.33. The minimum absolute atomic E-state index is 0.0884. The minimum atomic E-state index is -0.962. The van der Waals surface area contributed by atoms with Crippen molar-refractivity contribution in [3.63, 3.8) is 0 Å². The van der Waals surface area contributed by atoms with Gasteiger partial charge in [0, 0.05) is 18.3 Å². The summed E-state index contributed by atoms with van der Waals surface area (Å²) in [5.74, 6) is -2.33. The van der Waals surface area contributed by atoms with Crippen LogP contribution in [0, 0.1) is 11.3 Å². The molecule has 0 saturated heterocycles. The molecule has 1 atom stereocenters. The highest BCUT2D eigenvalue weighted by Gasteiger charge is 2.43. The van der Waals surface area contributed by atoms with Crippen LogP contribution in [0.15, 0.2) is 54.6 Å². The number of carbonyl (C=O) groups is 3. The summed E-state index contributed by atoms with van der Waals surface area (Å²) in [6, 6.07) is 18.0. The smallest absolute Gasteiger partial charge is 0.304 e. The number of benzene rings is 2. The van der Waals surface area contributed by atoms with E-state index in [2.05, 4.69) is 0 Å². The Morgan fingerprint density at radius 1 is 0.800 bits per heavy atom. The molecule has 0 radical (unpaired) electrons. The monoisotopic (exact) mass is 408 g/mol. The van der Waals surface area contributed by atoms with Gasteiger partial charge in [0.25, 0.3) is 0 Å². The number of hydrogen-bond acceptors (Lipinski definition) is 3. The predicted molar refractivity (Wildman–Crippen MR) is 114 cm³/mol. The molecule has 1 saturated carbocycles. The van der Waals surface area contributed by atoms with E-state index >= 15 is 0 Å². The van der Waals surface area contributed by atoms with Crippen LogP contribution >= 0.6 is 0 Å². The summed E-state index contributed by atoms with van der Waals surface area (Å²) in [6.07, 6.45) is 3.21. The first kappa shape index (κ1) is 21.8. The molecule has 5 heteroatoms. The average molecular weight is 408 g/mol. The average Bonchev–Trinajstić information content (AvgIpc) is 3.18. The van der Waals surface area contributed by atoms with Crippen molar-refractivity contribution in [2.45, 2.75) is 51.4 Å². The first-order valence-electron chi connectivity index (χ1n) is 10.5. The van der Waals surface area contributed by atoms with Crippen molar-refractivity contribution in [2.75, 3.05) is 0 Å². The molecule has 1 aliphatic carbocycles. The number of ketones is 1. The summed E-state index contributed by atoms with van der Waals surface area (Å²) >= 11 is 0. The van der Waals surface area contributed by atoms with Crippen LogP contribution in [-0.4, -0.2) is 27.9 Å². The molecule has 1 unspecified atom stereocenters. The van der Waals surface area contributed by atoms with Gasteiger partial charge in [0.15, 0.2) is 0 Å². The van der Waals surface area contributed by atoms with E-state index in [-0.39, 0.29) is 31.0 Å². The summed E-state index contributed by atoms with van der Waals surface area (Å²) in [6.45, 7) is 0. The Morgan fingerprint density at radius 3 is 1.97 bits per heavy atom. The molecular formula is C25H28O5. The zero-order valence-corrected chi connectivity index (χ0v) is 17.0. The molecule has 0 aromatic heterocycles. The maximum absolute atomic E-state index is 13.1. The molecular weight excluding hydrogens is 380 g/mol. The lowest BCUT2D eigenvalue weighted by atomic mass is 9.74. The lowest BCUT2D eigenvalue weighted by Gasteiger charge is -2.27. The van der Waals surface area contributed by atoms with E-state index in [0.717, 1.165) is 29.5 Å². The summed E-state index contributed by atoms with van der Waals surface area (Å²) < 4.78 is 0. The highest BCUT2D eigenvalue weighted by molar-refractivity contribution is 5.89. The Kier molecular flexibility index (Phi) is 7.03. The fourth-order valence-electron chi connectivity index (χ4n) is 4.63. The molecule has 0 amide bonds. The lowest BCUT2D eigenvalue weighted by molar-refractivity contribution is -0.145. The Hall–Kier alpha value is -2.95. The minimum Gasteiger partial charge on any atom is -0.481 e. The molecule has 0 heterocycles. The Morgan fingerprint density at radius 2 is 1.40 bits per heavy atom. The Labute approximate surface area is 176 Å². The van der Waals surface area contributed by atoms with Crippen LogP contribution in [0.3, 0.4) is 0 Å². The van der Waals surface area contributed by atoms with Crippen molar-refractivity contribution in [2.24, 2.45) is 11.3 Å². The van der Waals surface area contributed by atoms with E-state index in [0.29, 0.717) is 19.3 Å². The van der Waals surface area contributed by atoms with Crippen molar-refractivity contribution < 1.29 is 24.6 Å². The number of rotatable bonds is 10. The predicted octanol–water partition coefficient (Wildman–Crippen LogP) is 4.98. The normalized spacial score (nSPS) is 16.1. The van der Waals surface area contributed by atoms with Gasteiger partial charge in [-0.2, -0.15) is 0 Å². The third kappa shape index (κ3) is 5.56. The second kappa shape index (κ2) is 9.70. The molecule has 2 aromatic carbocycles. The van der Waals surface area contributed by atoms with Crippen molar-refractivity contribution in [3.8, 4) is 11.1 Å². The van der Waals surface area contributed by atoms with E-state index in [1.54, 1.807) is 0 Å². The topological polar surface area (TPSA) is 91.7 Å². The number of carboxylic acids is 2. The van der Waals surface area contributed by atoms with Crippen LogP contribution in [0.1, 0.15) is 50.5 Å². The quantitative estimate of drug-likeness (QED) is 0.578. The molecule has 0 aliphatic heterocycles. The van der Waals surface area contributed by atoms with Gasteiger partial charge in [0.05, 0.1) is 6.42 Å². The third-order valence-corrected chi connectivity index (χ3v) is 6.16. The van der Waals surface area contributed by atoms with Gasteiger partial charge in [-0.15, -0.1) is 0 Å². The van der Waals surface area contributed by atoms with Gasteiger partial charge in [0.2, 0.25) is 0 Å². The van der Waals surface area contributed by atoms with E-state index in [9.17, 15) is 24.6 Å². The zero-order valence-electron chi connectivity index (χ0n) is 17.0. The van der Waals surface area contributed by atoms with Crippen LogP contribution in [0.2, 0.25) is 0 Å². The summed E-state index contributed by atoms with van der Waals surface area (Å²) in [5, 5.41) is 18.6. The molecule has 1 fully saturated rings. The van der Waals surface area contributed by atoms with Gasteiger partial charge in [0.1, 0.15) is 5.78 Å². The maximum Gasteiger partial charge on any atom is 0.304 e. The number of carboxylic acid groups (broad SMARTS) is 2. The summed E-state index contributed by atoms with van der Waals surface area (Å²) in [5.41, 5.74) is 2.35. The van der Waals surface area contributed by atoms with Crippen LogP contribution in [0.25, 0.3) is 11.1 Å². The van der Waals surface area contributed by atoms with Gasteiger partial charge in [-0.1, -0.05) is 67.4 Å². The van der Waals surface area contributed by atoms with Crippen molar-refractivity contribution in [1.29, 1.82) is 0 Å². The highest BCUT2D eigenvalue weighted by Crippen LogP contribution is 2.43. The second-order valence-corrected chi connectivity index (χ2v) is 8.42. The third-order valence-electron chi connectivity index (χ3n) is 6.16. The highest BCUT2D eigenvalue weighted by atomic mass is 16.4. The van der Waals surface area contributed by atoms with Crippen molar-refractivity contribution in [3.05, 3.63) is 60.2 Å². The molecule has 0 spiro atoms. The molecule has 158 valence electrons. The summed E-state index contributed by atoms with van der Waals surface area (Å²) in [7, 11) is 0. The fraction of sp³-hybridized carbons (Fsp3) is 0.400. The number of Topliss-reactive ketones (excluding diaryl/α,β-unsaturated/α-hetero) is 1. The molecule has 2 N–H and O–H groups in total. The number of carbonyl (C=O) groups excluding carboxylic acids is 1. The van der Waals surface area contributed by atoms with E-state index in [1.165, 1.54) is 0 Å². The van der Waals surface area contributed by atoms with Crippen LogP contribution in [0.4, 0.5) is 0 Å². The number of hydrogen-bond donors (Lipinski definition) is 2. The van der Waals surface area contributed by atoms with Gasteiger partial charge in [-0.25, -0.2) is 0 Å². The Balaban J connectivity index is 1.72. The van der Waals surface area contributed by atoms with E-state index in [1.807, 2.05) is 54.6 Å². The molecule has 0 bridgehead atoms. The van der Waals surface area contributed by atoms with Crippen LogP contribution in [0.5, 0.6) is 0 Å². The zero-order chi connectivity index (χ0) is 21.6. The molecule has 2 aromatic rings. The molecule has 5 nitrogen and oxygen atoms in total. The van der Waals surface area contributed by atoms with Gasteiger partial charge >= 0.3 is 11.9 Å². The van der Waals surface area contributed by atoms with Crippen LogP contribution < -0.4 is 0 Å². The van der Waals surface area contributed by atoms with Crippen molar-refractivity contribution >= 4 is 17.7 Å².